The third-order valence-electron chi connectivity index (χ3n) is 4.58. The van der Waals surface area contributed by atoms with Gasteiger partial charge in [0, 0.05) is 29.9 Å². The molecule has 0 aliphatic carbocycles. The number of rotatable bonds is 4. The molecule has 0 atom stereocenters. The summed E-state index contributed by atoms with van der Waals surface area (Å²) in [4.78, 5) is 38.4. The molecule has 1 fully saturated rings. The zero-order chi connectivity index (χ0) is 19.2. The number of anilines is 1. The van der Waals surface area contributed by atoms with Gasteiger partial charge < -0.3 is 15.0 Å². The zero-order valence-electron chi connectivity index (χ0n) is 15.2. The van der Waals surface area contributed by atoms with Gasteiger partial charge in [-0.05, 0) is 61.7 Å². The summed E-state index contributed by atoms with van der Waals surface area (Å²) in [7, 11) is 1.32. The largest absolute Gasteiger partial charge is 0.465 e. The number of esters is 1. The van der Waals surface area contributed by atoms with Gasteiger partial charge >= 0.3 is 5.97 Å². The van der Waals surface area contributed by atoms with Crippen molar-refractivity contribution in [2.24, 2.45) is 0 Å². The highest BCUT2D eigenvalue weighted by Gasteiger charge is 2.19. The van der Waals surface area contributed by atoms with Crippen molar-refractivity contribution in [2.45, 2.75) is 19.3 Å². The van der Waals surface area contributed by atoms with Crippen LogP contribution in [0.4, 0.5) is 5.69 Å². The van der Waals surface area contributed by atoms with Gasteiger partial charge in [0.15, 0.2) is 0 Å². The number of ether oxygens (including phenoxy) is 1. The van der Waals surface area contributed by atoms with Crippen molar-refractivity contribution in [1.29, 1.82) is 0 Å². The first-order valence-electron chi connectivity index (χ1n) is 8.97. The number of benzene rings is 2. The zero-order valence-corrected chi connectivity index (χ0v) is 15.2. The van der Waals surface area contributed by atoms with Crippen LogP contribution in [0.1, 0.15) is 50.3 Å². The SMILES string of the molecule is COC(=O)c1ccc(NC(=O)c2cccc(C(=O)N3CCCCC3)c2)cc1. The lowest BCUT2D eigenvalue weighted by Crippen LogP contribution is -2.35. The van der Waals surface area contributed by atoms with Crippen molar-refractivity contribution >= 4 is 23.5 Å². The molecule has 0 aromatic heterocycles. The first-order valence-corrected chi connectivity index (χ1v) is 8.97. The molecule has 2 aromatic rings. The highest BCUT2D eigenvalue weighted by molar-refractivity contribution is 6.06. The van der Waals surface area contributed by atoms with Crippen LogP contribution in [0.15, 0.2) is 48.5 Å². The highest BCUT2D eigenvalue weighted by atomic mass is 16.5. The van der Waals surface area contributed by atoms with Crippen molar-refractivity contribution in [1.82, 2.24) is 4.90 Å². The Bertz CT molecular complexity index is 840. The Labute approximate surface area is 158 Å². The molecular formula is C21H22N2O4. The van der Waals surface area contributed by atoms with Gasteiger partial charge in [-0.2, -0.15) is 0 Å². The average Bonchev–Trinajstić information content (AvgIpc) is 2.74. The van der Waals surface area contributed by atoms with E-state index in [-0.39, 0.29) is 11.8 Å². The lowest BCUT2D eigenvalue weighted by molar-refractivity contribution is 0.0600. The maximum absolute atomic E-state index is 12.6. The Morgan fingerprint density at radius 2 is 1.56 bits per heavy atom. The topological polar surface area (TPSA) is 75.7 Å². The van der Waals surface area contributed by atoms with E-state index in [0.29, 0.717) is 22.4 Å². The van der Waals surface area contributed by atoms with E-state index in [2.05, 4.69) is 10.1 Å². The Morgan fingerprint density at radius 3 is 2.22 bits per heavy atom. The van der Waals surface area contributed by atoms with E-state index < -0.39 is 5.97 Å². The number of carbonyl (C=O) groups is 3. The summed E-state index contributed by atoms with van der Waals surface area (Å²) in [6.45, 7) is 1.53. The average molecular weight is 366 g/mol. The van der Waals surface area contributed by atoms with Crippen molar-refractivity contribution in [3.05, 3.63) is 65.2 Å². The van der Waals surface area contributed by atoms with Crippen LogP contribution in [0, 0.1) is 0 Å². The van der Waals surface area contributed by atoms with E-state index in [9.17, 15) is 14.4 Å². The van der Waals surface area contributed by atoms with Gasteiger partial charge in [0.05, 0.1) is 12.7 Å². The number of nitrogens with one attached hydrogen (secondary N) is 1. The third kappa shape index (κ3) is 4.53. The lowest BCUT2D eigenvalue weighted by Gasteiger charge is -2.26. The molecular weight excluding hydrogens is 344 g/mol. The van der Waals surface area contributed by atoms with Crippen LogP contribution in [-0.4, -0.2) is 42.9 Å². The van der Waals surface area contributed by atoms with Crippen LogP contribution in [-0.2, 0) is 4.74 Å². The molecule has 1 aliphatic rings. The number of likely N-dealkylation sites (tertiary alicyclic amines) is 1. The minimum atomic E-state index is -0.434. The van der Waals surface area contributed by atoms with E-state index >= 15 is 0 Å². The monoisotopic (exact) mass is 366 g/mol. The van der Waals surface area contributed by atoms with Gasteiger partial charge in [0.2, 0.25) is 0 Å². The van der Waals surface area contributed by atoms with Crippen molar-refractivity contribution in [3.8, 4) is 0 Å². The first kappa shape index (κ1) is 18.6. The number of hydrogen-bond donors (Lipinski definition) is 1. The number of methoxy groups -OCH3 is 1. The van der Waals surface area contributed by atoms with Crippen molar-refractivity contribution in [3.63, 3.8) is 0 Å². The molecule has 1 N–H and O–H groups in total. The smallest absolute Gasteiger partial charge is 0.337 e. The van der Waals surface area contributed by atoms with Gasteiger partial charge in [-0.15, -0.1) is 0 Å². The standard InChI is InChI=1S/C21H22N2O4/c1-27-21(26)15-8-10-18(11-9-15)22-19(24)16-6-5-7-17(14-16)20(25)23-12-3-2-4-13-23/h5-11,14H,2-4,12-13H2,1H3,(H,22,24). The second-order valence-corrected chi connectivity index (χ2v) is 6.46. The van der Waals surface area contributed by atoms with Crippen LogP contribution >= 0.6 is 0 Å². The Balaban J connectivity index is 1.69. The van der Waals surface area contributed by atoms with E-state index in [1.807, 2.05) is 4.90 Å². The van der Waals surface area contributed by atoms with E-state index in [4.69, 9.17) is 0 Å². The fraction of sp³-hybridized carbons (Fsp3) is 0.286. The molecule has 2 amide bonds. The molecule has 0 unspecified atom stereocenters. The number of amides is 2. The summed E-state index contributed by atoms with van der Waals surface area (Å²) in [6, 6.07) is 13.2. The Hall–Kier alpha value is -3.15. The normalized spacial score (nSPS) is 13.7. The van der Waals surface area contributed by atoms with Crippen LogP contribution in [0.5, 0.6) is 0 Å². The first-order chi connectivity index (χ1) is 13.1. The van der Waals surface area contributed by atoms with Crippen molar-refractivity contribution in [2.75, 3.05) is 25.5 Å². The molecule has 0 bridgehead atoms. The summed E-state index contributed by atoms with van der Waals surface area (Å²) in [5, 5.41) is 2.77. The second-order valence-electron chi connectivity index (χ2n) is 6.46. The van der Waals surface area contributed by atoms with E-state index in [0.717, 1.165) is 32.4 Å². The van der Waals surface area contributed by atoms with Gasteiger partial charge in [0.1, 0.15) is 0 Å². The van der Waals surface area contributed by atoms with Gasteiger partial charge in [-0.25, -0.2) is 4.79 Å². The van der Waals surface area contributed by atoms with Crippen molar-refractivity contribution < 1.29 is 19.1 Å². The summed E-state index contributed by atoms with van der Waals surface area (Å²) in [6.07, 6.45) is 3.20. The lowest BCUT2D eigenvalue weighted by atomic mass is 10.1. The number of carbonyl (C=O) groups excluding carboxylic acids is 3. The maximum atomic E-state index is 12.6. The van der Waals surface area contributed by atoms with Crippen LogP contribution in [0.25, 0.3) is 0 Å². The Morgan fingerprint density at radius 1 is 0.889 bits per heavy atom. The molecule has 0 saturated carbocycles. The summed E-state index contributed by atoms with van der Waals surface area (Å²) in [5.41, 5.74) is 1.89. The quantitative estimate of drug-likeness (QED) is 0.842. The molecule has 140 valence electrons. The molecule has 1 saturated heterocycles. The van der Waals surface area contributed by atoms with Gasteiger partial charge in [-0.3, -0.25) is 9.59 Å². The molecule has 1 aliphatic heterocycles. The Kier molecular flexibility index (Phi) is 5.86. The third-order valence-corrected chi connectivity index (χ3v) is 4.58. The minimum absolute atomic E-state index is 0.0354. The number of piperidine rings is 1. The fourth-order valence-electron chi connectivity index (χ4n) is 3.08. The summed E-state index contributed by atoms with van der Waals surface area (Å²) < 4.78 is 4.65. The molecule has 3 rings (SSSR count). The number of nitrogens with zero attached hydrogens (tertiary/aromatic N) is 1. The molecule has 2 aromatic carbocycles. The molecule has 0 radical (unpaired) electrons. The van der Waals surface area contributed by atoms with E-state index in [1.165, 1.54) is 7.11 Å². The minimum Gasteiger partial charge on any atom is -0.465 e. The van der Waals surface area contributed by atoms with E-state index in [1.54, 1.807) is 48.5 Å². The molecule has 0 spiro atoms. The fourth-order valence-corrected chi connectivity index (χ4v) is 3.08. The molecule has 6 nitrogen and oxygen atoms in total. The van der Waals surface area contributed by atoms with Crippen LogP contribution in [0.2, 0.25) is 0 Å². The van der Waals surface area contributed by atoms with Crippen LogP contribution < -0.4 is 5.32 Å². The second kappa shape index (κ2) is 8.49. The molecule has 6 heteroatoms. The number of hydrogen-bond acceptors (Lipinski definition) is 4. The predicted octanol–water partition coefficient (Wildman–Crippen LogP) is 3.35. The molecule has 27 heavy (non-hydrogen) atoms. The maximum Gasteiger partial charge on any atom is 0.337 e. The highest BCUT2D eigenvalue weighted by Crippen LogP contribution is 2.16. The summed E-state index contributed by atoms with van der Waals surface area (Å²) in [5.74, 6) is -0.780. The predicted molar refractivity (Wildman–Crippen MR) is 102 cm³/mol. The van der Waals surface area contributed by atoms with Crippen LogP contribution in [0.3, 0.4) is 0 Å². The van der Waals surface area contributed by atoms with Gasteiger partial charge in [0.25, 0.3) is 11.8 Å². The summed E-state index contributed by atoms with van der Waals surface area (Å²) >= 11 is 0. The molecule has 1 heterocycles. The van der Waals surface area contributed by atoms with Gasteiger partial charge in [-0.1, -0.05) is 6.07 Å².